The predicted molar refractivity (Wildman–Crippen MR) is 139 cm³/mol. The molecule has 2 unspecified atom stereocenters. The van der Waals surface area contributed by atoms with Gasteiger partial charge >= 0.3 is 5.97 Å². The first kappa shape index (κ1) is 26.1. The second-order valence-electron chi connectivity index (χ2n) is 6.96. The molecule has 2 amide bonds. The van der Waals surface area contributed by atoms with E-state index in [1.165, 1.54) is 35.3 Å². The Kier molecular flexibility index (Phi) is 7.69. The van der Waals surface area contributed by atoms with E-state index in [2.05, 4.69) is 25.4 Å². The Balaban J connectivity index is 1.45. The molecule has 190 valence electrons. The van der Waals surface area contributed by atoms with Gasteiger partial charge in [0.15, 0.2) is 10.8 Å². The molecule has 2 aromatic heterocycles. The molecule has 9 N–H and O–H groups in total. The molecule has 0 spiro atoms. The van der Waals surface area contributed by atoms with E-state index in [0.29, 0.717) is 15.0 Å². The summed E-state index contributed by atoms with van der Waals surface area (Å²) in [5.74, 6) is -2.28. The van der Waals surface area contributed by atoms with Gasteiger partial charge in [-0.25, -0.2) is 14.8 Å². The van der Waals surface area contributed by atoms with Gasteiger partial charge in [-0.05, 0) is 0 Å². The van der Waals surface area contributed by atoms with E-state index in [4.69, 9.17) is 28.8 Å². The minimum atomic E-state index is -1.27. The van der Waals surface area contributed by atoms with E-state index in [-0.39, 0.29) is 38.4 Å². The number of oxime groups is 1. The lowest BCUT2D eigenvalue weighted by atomic mass is 10.0. The lowest BCUT2D eigenvalue weighted by Crippen LogP contribution is -2.71. The number of amides is 2. The number of carbonyl (C=O) groups is 3. The van der Waals surface area contributed by atoms with Crippen LogP contribution in [0.5, 0.6) is 0 Å². The number of nitrogens with zero attached hydrogens (tertiary/aromatic N) is 5. The lowest BCUT2D eigenvalue weighted by Gasteiger charge is -2.49. The van der Waals surface area contributed by atoms with Crippen molar-refractivity contribution in [3.63, 3.8) is 0 Å². The number of fused-ring (bicyclic) bond motifs is 1. The lowest BCUT2D eigenvalue weighted by molar-refractivity contribution is -0.150. The van der Waals surface area contributed by atoms with Crippen LogP contribution in [-0.4, -0.2) is 75.9 Å². The summed E-state index contributed by atoms with van der Waals surface area (Å²) in [6.07, 6.45) is 0. The zero-order chi connectivity index (χ0) is 26.1. The summed E-state index contributed by atoms with van der Waals surface area (Å²) in [6, 6.07) is 0.500. The van der Waals surface area contributed by atoms with E-state index >= 15 is 0 Å². The topological polar surface area (TPSA) is 236 Å². The fourth-order valence-electron chi connectivity index (χ4n) is 3.27. The Morgan fingerprint density at radius 1 is 1.28 bits per heavy atom. The monoisotopic (exact) mass is 589 g/mol. The van der Waals surface area contributed by atoms with Gasteiger partial charge in [-0.2, -0.15) is 4.98 Å². The maximum absolute atomic E-state index is 12.9. The number of carboxylic acids is 1. The average Bonchev–Trinajstić information content (AvgIpc) is 3.14. The number of thiazole rings is 1. The number of hydrogen-bond acceptors (Lipinski definition) is 15. The zero-order valence-corrected chi connectivity index (χ0v) is 21.8. The van der Waals surface area contributed by atoms with E-state index in [0.717, 1.165) is 16.2 Å². The average molecular weight is 590 g/mol. The first-order chi connectivity index (χ1) is 17.1. The van der Waals surface area contributed by atoms with Gasteiger partial charge in [0.2, 0.25) is 5.95 Å². The predicted octanol–water partition coefficient (Wildman–Crippen LogP) is 0.690. The van der Waals surface area contributed by atoms with E-state index in [1.807, 2.05) is 0 Å². The molecule has 1 fully saturated rings. The van der Waals surface area contributed by atoms with Crippen molar-refractivity contribution in [2.45, 2.75) is 16.4 Å². The maximum Gasteiger partial charge on any atom is 0.353 e. The summed E-state index contributed by atoms with van der Waals surface area (Å²) in [5, 5.41) is 24.8. The largest absolute Gasteiger partial charge is 0.477 e. The Hall–Kier alpha value is -2.93. The van der Waals surface area contributed by atoms with Crippen molar-refractivity contribution in [1.82, 2.24) is 25.2 Å². The molecular weight excluding hydrogens is 574 g/mol. The molecule has 0 bridgehead atoms. The summed E-state index contributed by atoms with van der Waals surface area (Å²) >= 11 is 10.7. The quantitative estimate of drug-likeness (QED) is 0.0472. The SMILES string of the molecule is Nc1cc(SCSC2=C(C(=O)O)N3C(=O)C(NC(=O)C(=NO)c4nc(N)sc4Cl)C3SC2)nc(N)n1. The highest BCUT2D eigenvalue weighted by molar-refractivity contribution is 8.18. The van der Waals surface area contributed by atoms with Crippen LogP contribution in [0.3, 0.4) is 0 Å². The van der Waals surface area contributed by atoms with Gasteiger partial charge in [0, 0.05) is 21.8 Å². The number of aromatic nitrogens is 3. The van der Waals surface area contributed by atoms with Gasteiger partial charge in [-0.1, -0.05) is 39.9 Å². The van der Waals surface area contributed by atoms with Crippen LogP contribution in [0.2, 0.25) is 4.34 Å². The van der Waals surface area contributed by atoms with Crippen molar-refractivity contribution >= 4 is 98.6 Å². The Bertz CT molecular complexity index is 1300. The molecule has 2 atom stereocenters. The molecule has 0 saturated carbocycles. The highest BCUT2D eigenvalue weighted by atomic mass is 35.5. The molecule has 2 aliphatic heterocycles. The molecule has 36 heavy (non-hydrogen) atoms. The standard InChI is InChI=1S/C17H16ClN9O5S4/c18-11-7(25-17(21)36-11)8(26-32)12(28)24-9-13(29)27-10(15(30)31)4(2-33-14(9)27)34-3-35-6-1-5(19)22-16(20)23-6/h1,9,14,32H,2-3H2,(H2,21,25)(H,24,28)(H,30,31)(H4,19,20,22,23). The van der Waals surface area contributed by atoms with Crippen molar-refractivity contribution < 1.29 is 24.7 Å². The normalized spacial score (nSPS) is 19.6. The van der Waals surface area contributed by atoms with E-state index < -0.39 is 34.9 Å². The minimum absolute atomic E-state index is 0.0261. The van der Waals surface area contributed by atoms with Crippen LogP contribution in [0.15, 0.2) is 26.9 Å². The van der Waals surface area contributed by atoms with Gasteiger partial charge in [0.05, 0.1) is 0 Å². The zero-order valence-electron chi connectivity index (χ0n) is 17.7. The number of nitrogens with two attached hydrogens (primary N) is 3. The van der Waals surface area contributed by atoms with Crippen molar-refractivity contribution in [3.05, 3.63) is 26.7 Å². The third-order valence-corrected chi connectivity index (χ3v) is 9.42. The van der Waals surface area contributed by atoms with Crippen LogP contribution in [0.25, 0.3) is 0 Å². The number of hydrogen-bond donors (Lipinski definition) is 6. The van der Waals surface area contributed by atoms with Crippen molar-refractivity contribution in [2.75, 3.05) is 28.0 Å². The molecule has 14 nitrogen and oxygen atoms in total. The summed E-state index contributed by atoms with van der Waals surface area (Å²) in [4.78, 5) is 50.9. The van der Waals surface area contributed by atoms with Gasteiger partial charge < -0.3 is 32.8 Å². The molecule has 19 heteroatoms. The van der Waals surface area contributed by atoms with Crippen molar-refractivity contribution in [3.8, 4) is 0 Å². The highest BCUT2D eigenvalue weighted by Crippen LogP contribution is 2.44. The summed E-state index contributed by atoms with van der Waals surface area (Å²) in [7, 11) is 0. The number of halogens is 1. The minimum Gasteiger partial charge on any atom is -0.477 e. The van der Waals surface area contributed by atoms with Gasteiger partial charge in [0.1, 0.15) is 38.0 Å². The Morgan fingerprint density at radius 3 is 2.64 bits per heavy atom. The molecule has 0 aliphatic carbocycles. The number of thioether (sulfide) groups is 3. The maximum atomic E-state index is 12.9. The van der Waals surface area contributed by atoms with Crippen LogP contribution >= 0.6 is 58.2 Å². The number of anilines is 3. The van der Waals surface area contributed by atoms with Crippen molar-refractivity contribution in [2.24, 2.45) is 5.16 Å². The molecule has 0 radical (unpaired) electrons. The molecule has 2 aromatic rings. The summed E-state index contributed by atoms with van der Waals surface area (Å²) in [5.41, 5.74) is 16.0. The fourth-order valence-corrected chi connectivity index (χ4v) is 7.90. The van der Waals surface area contributed by atoms with Crippen molar-refractivity contribution in [1.29, 1.82) is 0 Å². The summed E-state index contributed by atoms with van der Waals surface area (Å²) in [6.45, 7) is 0. The molecule has 2 aliphatic rings. The van der Waals surface area contributed by atoms with Crippen LogP contribution in [-0.2, 0) is 14.4 Å². The number of β-lactam (4-membered cyclic amide) rings is 1. The number of carboxylic acid groups (broad SMARTS) is 1. The third kappa shape index (κ3) is 5.12. The van der Waals surface area contributed by atoms with Gasteiger partial charge in [-0.15, -0.1) is 23.5 Å². The molecule has 4 rings (SSSR count). The molecule has 0 aromatic carbocycles. The number of nitrogen functional groups attached to an aromatic ring is 3. The highest BCUT2D eigenvalue weighted by Gasteiger charge is 2.54. The number of carbonyl (C=O) groups excluding carboxylic acids is 2. The second-order valence-corrected chi connectivity index (χ2v) is 12.1. The first-order valence-electron chi connectivity index (χ1n) is 9.62. The van der Waals surface area contributed by atoms with Crippen LogP contribution < -0.4 is 22.5 Å². The van der Waals surface area contributed by atoms with E-state index in [1.54, 1.807) is 6.07 Å². The van der Waals surface area contributed by atoms with E-state index in [9.17, 15) is 24.7 Å². The number of nitrogens with one attached hydrogen (secondary N) is 1. The van der Waals surface area contributed by atoms with Crippen LogP contribution in [0.4, 0.5) is 16.9 Å². The number of rotatable bonds is 8. The fraction of sp³-hybridized carbons (Fsp3) is 0.235. The first-order valence-corrected chi connectivity index (χ1v) is 13.8. The number of aliphatic carboxylic acids is 1. The smallest absolute Gasteiger partial charge is 0.353 e. The second kappa shape index (κ2) is 10.6. The molecular formula is C17H16ClN9O5S4. The van der Waals surface area contributed by atoms with Crippen LogP contribution in [0, 0.1) is 0 Å². The van der Waals surface area contributed by atoms with Crippen LogP contribution in [0.1, 0.15) is 5.69 Å². The van der Waals surface area contributed by atoms with Gasteiger partial charge in [0.25, 0.3) is 11.8 Å². The Labute approximate surface area is 224 Å². The Morgan fingerprint density at radius 2 is 2.03 bits per heavy atom. The summed E-state index contributed by atoms with van der Waals surface area (Å²) < 4.78 is 0.0343. The molecule has 4 heterocycles. The third-order valence-electron chi connectivity index (χ3n) is 4.74. The van der Waals surface area contributed by atoms with Gasteiger partial charge in [-0.3, -0.25) is 14.5 Å². The molecule has 1 saturated heterocycles.